The van der Waals surface area contributed by atoms with E-state index in [1.165, 1.54) is 6.92 Å². The van der Waals surface area contributed by atoms with Gasteiger partial charge in [0.25, 0.3) is 5.91 Å². The molecule has 110 valence electrons. The van der Waals surface area contributed by atoms with Gasteiger partial charge >= 0.3 is 0 Å². The number of amides is 2. The van der Waals surface area contributed by atoms with Gasteiger partial charge in [-0.15, -0.1) is 0 Å². The third-order valence-electron chi connectivity index (χ3n) is 3.00. The number of carbonyl (C=O) groups is 2. The van der Waals surface area contributed by atoms with E-state index in [-0.39, 0.29) is 17.9 Å². The van der Waals surface area contributed by atoms with Gasteiger partial charge in [-0.05, 0) is 43.9 Å². The Bertz CT molecular complexity index is 469. The molecule has 2 N–H and O–H groups in total. The average molecular weight is 276 g/mol. The van der Waals surface area contributed by atoms with Gasteiger partial charge in [0.15, 0.2) is 0 Å². The molecule has 1 rings (SSSR count). The largest absolute Gasteiger partial charge is 0.350 e. The maximum atomic E-state index is 12.1. The molecule has 2 amide bonds. The summed E-state index contributed by atoms with van der Waals surface area (Å²) in [5.74, 6) is 0.388. The second kappa shape index (κ2) is 7.68. The van der Waals surface area contributed by atoms with Crippen molar-refractivity contribution in [1.82, 2.24) is 5.32 Å². The normalized spacial score (nSPS) is 12.1. The molecule has 0 bridgehead atoms. The number of rotatable bonds is 6. The standard InChI is InChI=1S/C16H24N2O2/c1-11(2)8-9-12(3)17-16(20)14-6-5-7-15(10-14)18-13(4)19/h5-7,10-12H,8-9H2,1-4H3,(H,17,20)(H,18,19). The fourth-order valence-electron chi connectivity index (χ4n) is 1.90. The fraction of sp³-hybridized carbons (Fsp3) is 0.500. The summed E-state index contributed by atoms with van der Waals surface area (Å²) in [5, 5.41) is 5.65. The van der Waals surface area contributed by atoms with Crippen molar-refractivity contribution in [2.45, 2.75) is 46.6 Å². The predicted octanol–water partition coefficient (Wildman–Crippen LogP) is 3.20. The maximum Gasteiger partial charge on any atom is 0.251 e. The molecule has 20 heavy (non-hydrogen) atoms. The predicted molar refractivity (Wildman–Crippen MR) is 81.7 cm³/mol. The molecule has 0 heterocycles. The van der Waals surface area contributed by atoms with Crippen LogP contribution in [0.1, 0.15) is 50.9 Å². The second-order valence-electron chi connectivity index (χ2n) is 5.61. The summed E-state index contributed by atoms with van der Waals surface area (Å²) < 4.78 is 0. The molecule has 0 saturated carbocycles. The van der Waals surface area contributed by atoms with Gasteiger partial charge < -0.3 is 10.6 Å². The molecule has 0 saturated heterocycles. The first-order valence-corrected chi connectivity index (χ1v) is 7.07. The maximum absolute atomic E-state index is 12.1. The summed E-state index contributed by atoms with van der Waals surface area (Å²) in [6, 6.07) is 7.11. The van der Waals surface area contributed by atoms with Crippen LogP contribution in [0.15, 0.2) is 24.3 Å². The van der Waals surface area contributed by atoms with E-state index in [0.29, 0.717) is 17.2 Å². The molecule has 0 spiro atoms. The van der Waals surface area contributed by atoms with Crippen molar-refractivity contribution in [3.63, 3.8) is 0 Å². The van der Waals surface area contributed by atoms with Crippen LogP contribution >= 0.6 is 0 Å². The summed E-state index contributed by atoms with van der Waals surface area (Å²) in [6.45, 7) is 7.80. The van der Waals surface area contributed by atoms with Gasteiger partial charge in [0.1, 0.15) is 0 Å². The summed E-state index contributed by atoms with van der Waals surface area (Å²) in [7, 11) is 0. The lowest BCUT2D eigenvalue weighted by atomic mass is 10.0. The van der Waals surface area contributed by atoms with E-state index in [0.717, 1.165) is 12.8 Å². The van der Waals surface area contributed by atoms with Gasteiger partial charge in [0.2, 0.25) is 5.91 Å². The molecule has 1 unspecified atom stereocenters. The number of hydrogen-bond donors (Lipinski definition) is 2. The van der Waals surface area contributed by atoms with Gasteiger partial charge in [-0.2, -0.15) is 0 Å². The van der Waals surface area contributed by atoms with Crippen LogP contribution in [0.4, 0.5) is 5.69 Å². The fourth-order valence-corrected chi connectivity index (χ4v) is 1.90. The topological polar surface area (TPSA) is 58.2 Å². The van der Waals surface area contributed by atoms with E-state index in [2.05, 4.69) is 24.5 Å². The highest BCUT2D eigenvalue weighted by Gasteiger charge is 2.11. The highest BCUT2D eigenvalue weighted by molar-refractivity contribution is 5.96. The van der Waals surface area contributed by atoms with Crippen molar-refractivity contribution in [1.29, 1.82) is 0 Å². The van der Waals surface area contributed by atoms with Crippen molar-refractivity contribution in [2.24, 2.45) is 5.92 Å². The van der Waals surface area contributed by atoms with Crippen LogP contribution in [-0.4, -0.2) is 17.9 Å². The number of benzene rings is 1. The Morgan fingerprint density at radius 3 is 2.45 bits per heavy atom. The van der Waals surface area contributed by atoms with Crippen LogP contribution in [-0.2, 0) is 4.79 Å². The van der Waals surface area contributed by atoms with Crippen LogP contribution in [0.25, 0.3) is 0 Å². The number of hydrogen-bond acceptors (Lipinski definition) is 2. The lowest BCUT2D eigenvalue weighted by molar-refractivity contribution is -0.114. The van der Waals surface area contributed by atoms with E-state index >= 15 is 0 Å². The van der Waals surface area contributed by atoms with Crippen LogP contribution in [0.3, 0.4) is 0 Å². The minimum Gasteiger partial charge on any atom is -0.350 e. The molecule has 0 radical (unpaired) electrons. The first kappa shape index (κ1) is 16.2. The van der Waals surface area contributed by atoms with Gasteiger partial charge in [-0.1, -0.05) is 19.9 Å². The van der Waals surface area contributed by atoms with Crippen LogP contribution in [0, 0.1) is 5.92 Å². The molecule has 4 nitrogen and oxygen atoms in total. The van der Waals surface area contributed by atoms with Crippen molar-refractivity contribution >= 4 is 17.5 Å². The Kier molecular flexibility index (Phi) is 6.22. The molecule has 1 aromatic rings. The number of nitrogens with one attached hydrogen (secondary N) is 2. The van der Waals surface area contributed by atoms with Gasteiger partial charge in [-0.3, -0.25) is 9.59 Å². The van der Waals surface area contributed by atoms with E-state index in [4.69, 9.17) is 0 Å². The van der Waals surface area contributed by atoms with Crippen molar-refractivity contribution < 1.29 is 9.59 Å². The summed E-state index contributed by atoms with van der Waals surface area (Å²) in [5.41, 5.74) is 1.20. The first-order chi connectivity index (χ1) is 9.38. The smallest absolute Gasteiger partial charge is 0.251 e. The van der Waals surface area contributed by atoms with E-state index in [9.17, 15) is 9.59 Å². The molecule has 4 heteroatoms. The molecule has 0 aliphatic carbocycles. The number of anilines is 1. The van der Waals surface area contributed by atoms with Crippen LogP contribution in [0.2, 0.25) is 0 Å². The summed E-state index contributed by atoms with van der Waals surface area (Å²) in [6.07, 6.45) is 2.06. The van der Waals surface area contributed by atoms with Crippen molar-refractivity contribution in [2.75, 3.05) is 5.32 Å². The lowest BCUT2D eigenvalue weighted by Gasteiger charge is -2.15. The second-order valence-corrected chi connectivity index (χ2v) is 5.61. The molecular weight excluding hydrogens is 252 g/mol. The van der Waals surface area contributed by atoms with Gasteiger partial charge in [0.05, 0.1) is 0 Å². The molecule has 1 aromatic carbocycles. The zero-order valence-electron chi connectivity index (χ0n) is 12.7. The lowest BCUT2D eigenvalue weighted by Crippen LogP contribution is -2.32. The van der Waals surface area contributed by atoms with E-state index in [1.54, 1.807) is 24.3 Å². The van der Waals surface area contributed by atoms with Crippen molar-refractivity contribution in [3.8, 4) is 0 Å². The highest BCUT2D eigenvalue weighted by atomic mass is 16.2. The molecule has 0 fully saturated rings. The monoisotopic (exact) mass is 276 g/mol. The Hall–Kier alpha value is -1.84. The molecular formula is C16H24N2O2. The molecule has 0 aliphatic rings. The Balaban J connectivity index is 2.60. The minimum atomic E-state index is -0.146. The highest BCUT2D eigenvalue weighted by Crippen LogP contribution is 2.12. The Morgan fingerprint density at radius 1 is 1.15 bits per heavy atom. The zero-order valence-corrected chi connectivity index (χ0v) is 12.7. The first-order valence-electron chi connectivity index (χ1n) is 7.07. The zero-order chi connectivity index (χ0) is 15.1. The summed E-state index contributed by atoms with van der Waals surface area (Å²) in [4.78, 5) is 23.1. The quantitative estimate of drug-likeness (QED) is 0.838. The van der Waals surface area contributed by atoms with Gasteiger partial charge in [0, 0.05) is 24.2 Å². The minimum absolute atomic E-state index is 0.103. The van der Waals surface area contributed by atoms with Crippen molar-refractivity contribution in [3.05, 3.63) is 29.8 Å². The van der Waals surface area contributed by atoms with Crippen LogP contribution < -0.4 is 10.6 Å². The molecule has 1 atom stereocenters. The molecule has 0 aliphatic heterocycles. The summed E-state index contributed by atoms with van der Waals surface area (Å²) >= 11 is 0. The van der Waals surface area contributed by atoms with Crippen LogP contribution in [0.5, 0.6) is 0 Å². The molecule has 0 aromatic heterocycles. The third-order valence-corrected chi connectivity index (χ3v) is 3.00. The van der Waals surface area contributed by atoms with E-state index in [1.807, 2.05) is 6.92 Å². The Labute approximate surface area is 121 Å². The SMILES string of the molecule is CC(=O)Nc1cccc(C(=O)NC(C)CCC(C)C)c1. The third kappa shape index (κ3) is 5.87. The number of carbonyl (C=O) groups excluding carboxylic acids is 2. The van der Waals surface area contributed by atoms with E-state index < -0.39 is 0 Å². The average Bonchev–Trinajstić information content (AvgIpc) is 2.36. The van der Waals surface area contributed by atoms with Gasteiger partial charge in [-0.25, -0.2) is 0 Å². The Morgan fingerprint density at radius 2 is 1.85 bits per heavy atom.